The van der Waals surface area contributed by atoms with Crippen molar-refractivity contribution in [3.63, 3.8) is 0 Å². The lowest BCUT2D eigenvalue weighted by Gasteiger charge is -2.39. The van der Waals surface area contributed by atoms with Crippen molar-refractivity contribution in [2.75, 3.05) is 39.8 Å². The van der Waals surface area contributed by atoms with Crippen molar-refractivity contribution in [3.05, 3.63) is 88.0 Å². The van der Waals surface area contributed by atoms with Gasteiger partial charge in [-0.2, -0.15) is 0 Å². The Balaban J connectivity index is 1.11. The standard InChI is InChI=1S/C31H32N2O6/c34-31(39-27-7-4-21-2-1-3-22(21)16-27)33-12-10-32(11-13-33)30(23-5-8-28-25(14-23)17-35-19-37-28)24-6-9-29-26(15-24)18-36-20-38-29/h4-9,14-16,30H,1-3,10-13,17-20H2. The highest BCUT2D eigenvalue weighted by Gasteiger charge is 2.31. The molecular weight excluding hydrogens is 496 g/mol. The third-order valence-corrected chi connectivity index (χ3v) is 8.12. The fraction of sp³-hybridized carbons (Fsp3) is 0.387. The molecule has 4 aliphatic rings. The molecule has 0 radical (unpaired) electrons. The zero-order chi connectivity index (χ0) is 26.2. The highest BCUT2D eigenvalue weighted by molar-refractivity contribution is 5.71. The summed E-state index contributed by atoms with van der Waals surface area (Å²) < 4.78 is 28.2. The minimum absolute atomic E-state index is 0.000616. The van der Waals surface area contributed by atoms with Gasteiger partial charge < -0.3 is 28.6 Å². The second kappa shape index (κ2) is 10.5. The molecule has 7 rings (SSSR count). The van der Waals surface area contributed by atoms with E-state index in [2.05, 4.69) is 35.2 Å². The lowest BCUT2D eigenvalue weighted by atomic mass is 9.93. The number of piperazine rings is 1. The van der Waals surface area contributed by atoms with E-state index in [4.69, 9.17) is 23.7 Å². The summed E-state index contributed by atoms with van der Waals surface area (Å²) in [7, 11) is 0. The van der Waals surface area contributed by atoms with Gasteiger partial charge in [0.05, 0.1) is 19.3 Å². The molecule has 1 fully saturated rings. The zero-order valence-electron chi connectivity index (χ0n) is 21.9. The monoisotopic (exact) mass is 528 g/mol. The van der Waals surface area contributed by atoms with Crippen molar-refractivity contribution in [3.8, 4) is 17.2 Å². The van der Waals surface area contributed by atoms with Crippen LogP contribution in [0.3, 0.4) is 0 Å². The van der Waals surface area contributed by atoms with Crippen molar-refractivity contribution in [1.82, 2.24) is 9.80 Å². The zero-order valence-corrected chi connectivity index (χ0v) is 21.9. The number of hydrogen-bond acceptors (Lipinski definition) is 7. The summed E-state index contributed by atoms with van der Waals surface area (Å²) in [5, 5.41) is 0. The number of benzene rings is 3. The number of aryl methyl sites for hydroxylation is 2. The van der Waals surface area contributed by atoms with Gasteiger partial charge >= 0.3 is 6.09 Å². The molecule has 0 saturated carbocycles. The van der Waals surface area contributed by atoms with E-state index in [1.165, 1.54) is 17.5 Å². The molecule has 0 bridgehead atoms. The van der Waals surface area contributed by atoms with Crippen LogP contribution >= 0.6 is 0 Å². The predicted octanol–water partition coefficient (Wildman–Crippen LogP) is 4.81. The Morgan fingerprint density at radius 1 is 0.718 bits per heavy atom. The molecule has 8 nitrogen and oxygen atoms in total. The van der Waals surface area contributed by atoms with Gasteiger partial charge in [-0.3, -0.25) is 4.90 Å². The van der Waals surface area contributed by atoms with Crippen LogP contribution in [0.4, 0.5) is 4.79 Å². The topological polar surface area (TPSA) is 69.7 Å². The van der Waals surface area contributed by atoms with Crippen LogP contribution in [0.1, 0.15) is 45.8 Å². The molecule has 39 heavy (non-hydrogen) atoms. The second-order valence-electron chi connectivity index (χ2n) is 10.5. The van der Waals surface area contributed by atoms with E-state index in [-0.39, 0.29) is 25.7 Å². The summed E-state index contributed by atoms with van der Waals surface area (Å²) in [6.07, 6.45) is 3.06. The highest BCUT2D eigenvalue weighted by atomic mass is 16.7. The molecule has 3 heterocycles. The van der Waals surface area contributed by atoms with Crippen molar-refractivity contribution < 1.29 is 28.5 Å². The van der Waals surface area contributed by atoms with Crippen molar-refractivity contribution in [2.45, 2.75) is 38.5 Å². The molecule has 1 saturated heterocycles. The number of rotatable bonds is 4. The summed E-state index contributed by atoms with van der Waals surface area (Å²) in [4.78, 5) is 17.3. The van der Waals surface area contributed by atoms with E-state index in [0.717, 1.165) is 59.7 Å². The number of nitrogens with zero attached hydrogens (tertiary/aromatic N) is 2. The summed E-state index contributed by atoms with van der Waals surface area (Å²) >= 11 is 0. The fourth-order valence-corrected chi connectivity index (χ4v) is 6.11. The van der Waals surface area contributed by atoms with Gasteiger partial charge in [0.25, 0.3) is 0 Å². The molecule has 3 aliphatic heterocycles. The van der Waals surface area contributed by atoms with E-state index >= 15 is 0 Å². The van der Waals surface area contributed by atoms with Gasteiger partial charge in [0.2, 0.25) is 0 Å². The number of carbonyl (C=O) groups is 1. The van der Waals surface area contributed by atoms with Crippen molar-refractivity contribution in [1.29, 1.82) is 0 Å². The van der Waals surface area contributed by atoms with Crippen LogP contribution in [0.5, 0.6) is 17.2 Å². The minimum atomic E-state index is -0.282. The normalized spacial score (nSPS) is 18.5. The van der Waals surface area contributed by atoms with Crippen molar-refractivity contribution in [2.24, 2.45) is 0 Å². The molecule has 1 aliphatic carbocycles. The first-order valence-corrected chi connectivity index (χ1v) is 13.7. The molecule has 202 valence electrons. The van der Waals surface area contributed by atoms with Crippen LogP contribution in [0.25, 0.3) is 0 Å². The van der Waals surface area contributed by atoms with Gasteiger partial charge in [0.15, 0.2) is 13.6 Å². The van der Waals surface area contributed by atoms with Gasteiger partial charge in [-0.1, -0.05) is 18.2 Å². The first-order valence-electron chi connectivity index (χ1n) is 13.7. The Morgan fingerprint density at radius 3 is 2.03 bits per heavy atom. The average Bonchev–Trinajstić information content (AvgIpc) is 3.46. The minimum Gasteiger partial charge on any atom is -0.467 e. The van der Waals surface area contributed by atoms with Crippen LogP contribution in [0.2, 0.25) is 0 Å². The molecule has 0 N–H and O–H groups in total. The van der Waals surface area contributed by atoms with E-state index in [9.17, 15) is 4.79 Å². The third kappa shape index (κ3) is 4.95. The van der Waals surface area contributed by atoms with Gasteiger partial charge in [-0.25, -0.2) is 4.79 Å². The number of carbonyl (C=O) groups excluding carboxylic acids is 1. The first-order chi connectivity index (χ1) is 19.2. The summed E-state index contributed by atoms with van der Waals surface area (Å²) in [6.45, 7) is 4.25. The van der Waals surface area contributed by atoms with Crippen LogP contribution in [-0.2, 0) is 35.5 Å². The third-order valence-electron chi connectivity index (χ3n) is 8.12. The maximum absolute atomic E-state index is 13.0. The van der Waals surface area contributed by atoms with Gasteiger partial charge in [-0.15, -0.1) is 0 Å². The van der Waals surface area contributed by atoms with Gasteiger partial charge in [0, 0.05) is 37.3 Å². The molecule has 0 unspecified atom stereocenters. The number of amides is 1. The van der Waals surface area contributed by atoms with Crippen LogP contribution < -0.4 is 14.2 Å². The lowest BCUT2D eigenvalue weighted by molar-refractivity contribution is -0.0165. The number of hydrogen-bond donors (Lipinski definition) is 0. The molecule has 0 spiro atoms. The fourth-order valence-electron chi connectivity index (χ4n) is 6.11. The van der Waals surface area contributed by atoms with Crippen LogP contribution in [0, 0.1) is 0 Å². The Hall–Kier alpha value is -3.59. The number of ether oxygens (including phenoxy) is 5. The summed E-state index contributed by atoms with van der Waals surface area (Å²) in [6, 6.07) is 18.7. The molecule has 3 aromatic rings. The van der Waals surface area contributed by atoms with E-state index in [1.54, 1.807) is 0 Å². The predicted molar refractivity (Wildman–Crippen MR) is 143 cm³/mol. The second-order valence-corrected chi connectivity index (χ2v) is 10.5. The molecule has 1 amide bonds. The Morgan fingerprint density at radius 2 is 1.36 bits per heavy atom. The van der Waals surface area contributed by atoms with E-state index < -0.39 is 0 Å². The van der Waals surface area contributed by atoms with Crippen LogP contribution in [-0.4, -0.2) is 55.7 Å². The lowest BCUT2D eigenvalue weighted by Crippen LogP contribution is -2.50. The van der Waals surface area contributed by atoms with Crippen molar-refractivity contribution >= 4 is 6.09 Å². The van der Waals surface area contributed by atoms with E-state index in [1.807, 2.05) is 29.2 Å². The Bertz CT molecular complexity index is 1320. The maximum atomic E-state index is 13.0. The molecule has 0 atom stereocenters. The Kier molecular flexibility index (Phi) is 6.60. The molecular formula is C31H32N2O6. The average molecular weight is 529 g/mol. The van der Waals surface area contributed by atoms with Gasteiger partial charge in [-0.05, 0) is 77.9 Å². The van der Waals surface area contributed by atoms with Crippen LogP contribution in [0.15, 0.2) is 54.6 Å². The summed E-state index contributed by atoms with van der Waals surface area (Å²) in [5.41, 5.74) is 7.09. The smallest absolute Gasteiger partial charge is 0.415 e. The van der Waals surface area contributed by atoms with E-state index in [0.29, 0.717) is 32.1 Å². The maximum Gasteiger partial charge on any atom is 0.415 e. The quantitative estimate of drug-likeness (QED) is 0.481. The SMILES string of the molecule is O=C(Oc1ccc2c(c1)CCC2)N1CCN(C(c2ccc3c(c2)COCO3)c2ccc3c(c2)COCO3)CC1. The number of fused-ring (bicyclic) bond motifs is 3. The first kappa shape index (κ1) is 24.5. The highest BCUT2D eigenvalue weighted by Crippen LogP contribution is 2.36. The largest absolute Gasteiger partial charge is 0.467 e. The molecule has 8 heteroatoms. The summed E-state index contributed by atoms with van der Waals surface area (Å²) in [5.74, 6) is 2.38. The molecule has 3 aromatic carbocycles. The Labute approximate surface area is 228 Å². The molecule has 0 aromatic heterocycles. The van der Waals surface area contributed by atoms with Gasteiger partial charge in [0.1, 0.15) is 17.2 Å².